The molecule has 0 aliphatic carbocycles. The Balaban J connectivity index is 0.989. The van der Waals surface area contributed by atoms with Crippen molar-refractivity contribution in [3.63, 3.8) is 0 Å². The van der Waals surface area contributed by atoms with E-state index in [9.17, 15) is 0 Å². The van der Waals surface area contributed by atoms with Crippen LogP contribution in [0.1, 0.15) is 0 Å². The fourth-order valence-electron chi connectivity index (χ4n) is 9.13. The molecule has 2 heterocycles. The highest BCUT2D eigenvalue weighted by Crippen LogP contribution is 2.43. The van der Waals surface area contributed by atoms with Crippen LogP contribution in [0.3, 0.4) is 0 Å². The van der Waals surface area contributed by atoms with Crippen LogP contribution >= 0.6 is 0 Å². The summed E-state index contributed by atoms with van der Waals surface area (Å²) in [4.78, 5) is 0. The Kier molecular flexibility index (Phi) is 7.26. The molecule has 10 aromatic carbocycles. The quantitative estimate of drug-likeness (QED) is 0.164. The number of para-hydroxylation sites is 1. The summed E-state index contributed by atoms with van der Waals surface area (Å²) in [5, 5.41) is 9.54. The monoisotopic (exact) mass is 738 g/mol. The van der Waals surface area contributed by atoms with Crippen LogP contribution in [-0.2, 0) is 0 Å². The first-order valence-corrected chi connectivity index (χ1v) is 19.8. The van der Waals surface area contributed by atoms with Crippen LogP contribution in [-0.4, -0.2) is 0 Å². The van der Waals surface area contributed by atoms with Gasteiger partial charge in [-0.15, -0.1) is 0 Å². The third-order valence-corrected chi connectivity index (χ3v) is 11.9. The van der Waals surface area contributed by atoms with Crippen molar-refractivity contribution in [2.45, 2.75) is 0 Å². The van der Waals surface area contributed by atoms with Crippen LogP contribution in [0.4, 0.5) is 0 Å². The fraction of sp³-hybridized carbons (Fsp3) is 0. The van der Waals surface area contributed by atoms with Gasteiger partial charge < -0.3 is 8.83 Å². The van der Waals surface area contributed by atoms with Gasteiger partial charge in [-0.1, -0.05) is 152 Å². The second kappa shape index (κ2) is 12.9. The van der Waals surface area contributed by atoms with Crippen molar-refractivity contribution in [3.8, 4) is 55.6 Å². The highest BCUT2D eigenvalue weighted by atomic mass is 16.3. The van der Waals surface area contributed by atoms with E-state index in [4.69, 9.17) is 8.83 Å². The van der Waals surface area contributed by atoms with Gasteiger partial charge in [-0.3, -0.25) is 0 Å². The van der Waals surface area contributed by atoms with Gasteiger partial charge in [0.2, 0.25) is 0 Å². The molecule has 0 bridgehead atoms. The van der Waals surface area contributed by atoms with E-state index in [-0.39, 0.29) is 0 Å². The molecule has 0 unspecified atom stereocenters. The van der Waals surface area contributed by atoms with E-state index in [1.54, 1.807) is 0 Å². The number of hydrogen-bond donors (Lipinski definition) is 0. The molecule has 0 aliphatic rings. The van der Waals surface area contributed by atoms with Crippen molar-refractivity contribution in [3.05, 3.63) is 206 Å². The van der Waals surface area contributed by atoms with Gasteiger partial charge in [0.05, 0.1) is 0 Å². The molecule has 0 aliphatic heterocycles. The predicted molar refractivity (Wildman–Crippen MR) is 243 cm³/mol. The van der Waals surface area contributed by atoms with Gasteiger partial charge in [-0.25, -0.2) is 0 Å². The van der Waals surface area contributed by atoms with E-state index in [1.165, 1.54) is 43.8 Å². The number of rotatable bonds is 5. The molecule has 0 atom stereocenters. The van der Waals surface area contributed by atoms with Crippen LogP contribution < -0.4 is 0 Å². The molecule has 0 saturated carbocycles. The molecular weight excluding hydrogens is 705 g/mol. The standard InChI is InChI=1S/C56H34O2/c1-2-12-35(13-3-1)40-30-41(32-42(31-40)45-20-11-22-53-55(45)48-18-8-9-21-51(48)57-53)36-24-26-37(27-25-36)44-19-10-23-54-56(44)50-34-39(28-29-52(50)58-54)49-33-38-14-4-5-15-43(38)46-16-6-7-17-47(46)49/h1-34H. The summed E-state index contributed by atoms with van der Waals surface area (Å²) in [6, 6.07) is 74.1. The molecule has 2 nitrogen and oxygen atoms in total. The Morgan fingerprint density at radius 3 is 1.50 bits per heavy atom. The Labute approximate surface area is 334 Å². The topological polar surface area (TPSA) is 26.3 Å². The zero-order valence-electron chi connectivity index (χ0n) is 31.4. The molecule has 2 aromatic heterocycles. The maximum Gasteiger partial charge on any atom is 0.136 e. The molecule has 270 valence electrons. The lowest BCUT2D eigenvalue weighted by Crippen LogP contribution is -1.87. The normalized spacial score (nSPS) is 11.8. The van der Waals surface area contributed by atoms with Crippen LogP contribution in [0.2, 0.25) is 0 Å². The van der Waals surface area contributed by atoms with Gasteiger partial charge in [0.1, 0.15) is 22.3 Å². The average Bonchev–Trinajstić information content (AvgIpc) is 3.87. The predicted octanol–water partition coefficient (Wildman–Crippen LogP) is 16.1. The molecule has 0 spiro atoms. The van der Waals surface area contributed by atoms with E-state index < -0.39 is 0 Å². The minimum absolute atomic E-state index is 0.887. The van der Waals surface area contributed by atoms with Crippen molar-refractivity contribution in [1.29, 1.82) is 0 Å². The highest BCUT2D eigenvalue weighted by molar-refractivity contribution is 6.17. The molecule has 0 fully saturated rings. The first-order valence-electron chi connectivity index (χ1n) is 19.8. The molecule has 0 saturated heterocycles. The summed E-state index contributed by atoms with van der Waals surface area (Å²) in [6.07, 6.45) is 0. The largest absolute Gasteiger partial charge is 0.456 e. The maximum absolute atomic E-state index is 6.51. The summed E-state index contributed by atoms with van der Waals surface area (Å²) >= 11 is 0. The lowest BCUT2D eigenvalue weighted by molar-refractivity contribution is 0.668. The zero-order chi connectivity index (χ0) is 38.2. The SMILES string of the molecule is c1ccc(-c2cc(-c3ccc(-c4cccc5oc6ccc(-c7cc8ccccc8c8ccccc78)cc6c45)cc3)cc(-c3cccc4oc5ccccc5c34)c2)cc1. The summed E-state index contributed by atoms with van der Waals surface area (Å²) < 4.78 is 12.8. The summed E-state index contributed by atoms with van der Waals surface area (Å²) in [7, 11) is 0. The van der Waals surface area contributed by atoms with E-state index in [0.29, 0.717) is 0 Å². The number of fused-ring (bicyclic) bond motifs is 9. The van der Waals surface area contributed by atoms with Crippen molar-refractivity contribution >= 4 is 65.4 Å². The van der Waals surface area contributed by atoms with Crippen molar-refractivity contribution in [1.82, 2.24) is 0 Å². The lowest BCUT2D eigenvalue weighted by Gasteiger charge is -2.13. The van der Waals surface area contributed by atoms with Gasteiger partial charge in [0.15, 0.2) is 0 Å². The molecule has 0 N–H and O–H groups in total. The van der Waals surface area contributed by atoms with Gasteiger partial charge in [-0.05, 0) is 132 Å². The number of benzene rings is 10. The average molecular weight is 739 g/mol. The van der Waals surface area contributed by atoms with Crippen molar-refractivity contribution in [2.75, 3.05) is 0 Å². The van der Waals surface area contributed by atoms with Crippen LogP contribution in [0.5, 0.6) is 0 Å². The third kappa shape index (κ3) is 5.19. The molecule has 12 aromatic rings. The number of hydrogen-bond acceptors (Lipinski definition) is 2. The lowest BCUT2D eigenvalue weighted by atomic mass is 9.90. The Bertz CT molecular complexity index is 3550. The van der Waals surface area contributed by atoms with Gasteiger partial charge in [0.25, 0.3) is 0 Å². The van der Waals surface area contributed by atoms with E-state index in [2.05, 4.69) is 194 Å². The van der Waals surface area contributed by atoms with Gasteiger partial charge >= 0.3 is 0 Å². The molecule has 0 amide bonds. The smallest absolute Gasteiger partial charge is 0.136 e. The van der Waals surface area contributed by atoms with Crippen molar-refractivity contribution in [2.24, 2.45) is 0 Å². The van der Waals surface area contributed by atoms with E-state index in [1.807, 2.05) is 12.1 Å². The van der Waals surface area contributed by atoms with Gasteiger partial charge in [0, 0.05) is 21.5 Å². The second-order valence-corrected chi connectivity index (χ2v) is 15.2. The van der Waals surface area contributed by atoms with Gasteiger partial charge in [-0.2, -0.15) is 0 Å². The molecule has 12 rings (SSSR count). The summed E-state index contributed by atoms with van der Waals surface area (Å²) in [5.41, 5.74) is 15.3. The minimum atomic E-state index is 0.887. The second-order valence-electron chi connectivity index (χ2n) is 15.2. The Hall–Kier alpha value is -7.68. The maximum atomic E-state index is 6.51. The Morgan fingerprint density at radius 1 is 0.224 bits per heavy atom. The fourth-order valence-corrected chi connectivity index (χ4v) is 9.13. The van der Waals surface area contributed by atoms with Crippen molar-refractivity contribution < 1.29 is 8.83 Å². The molecule has 2 heteroatoms. The summed E-state index contributed by atoms with van der Waals surface area (Å²) in [5.74, 6) is 0. The van der Waals surface area contributed by atoms with Crippen LogP contribution in [0.15, 0.2) is 215 Å². The summed E-state index contributed by atoms with van der Waals surface area (Å²) in [6.45, 7) is 0. The Morgan fingerprint density at radius 2 is 0.741 bits per heavy atom. The highest BCUT2D eigenvalue weighted by Gasteiger charge is 2.17. The first-order chi connectivity index (χ1) is 28.7. The number of furan rings is 2. The molecular formula is C56H34O2. The third-order valence-electron chi connectivity index (χ3n) is 11.9. The van der Waals surface area contributed by atoms with Crippen LogP contribution in [0.25, 0.3) is 121 Å². The molecule has 58 heavy (non-hydrogen) atoms. The van der Waals surface area contributed by atoms with E-state index in [0.717, 1.165) is 77.3 Å². The van der Waals surface area contributed by atoms with E-state index >= 15 is 0 Å². The molecule has 0 radical (unpaired) electrons. The zero-order valence-corrected chi connectivity index (χ0v) is 31.4. The minimum Gasteiger partial charge on any atom is -0.456 e. The van der Waals surface area contributed by atoms with Crippen LogP contribution in [0, 0.1) is 0 Å². The first kappa shape index (κ1) is 32.6.